The number of piperazine rings is 1. The topological polar surface area (TPSA) is 107 Å². The number of nitrogens with one attached hydrogen (secondary N) is 1. The zero-order chi connectivity index (χ0) is 26.2. The number of H-pyrrole nitrogens is 1. The molecule has 1 amide bonds. The van der Waals surface area contributed by atoms with Crippen LogP contribution in [0.4, 0.5) is 0 Å². The van der Waals surface area contributed by atoms with Crippen LogP contribution in [0.5, 0.6) is 0 Å². The van der Waals surface area contributed by atoms with Crippen molar-refractivity contribution >= 4 is 18.1 Å². The quantitative estimate of drug-likeness (QED) is 0.451. The Morgan fingerprint density at radius 3 is 2.42 bits per heavy atom. The fourth-order valence-corrected chi connectivity index (χ4v) is 5.49. The lowest BCUT2D eigenvalue weighted by atomic mass is 9.88. The van der Waals surface area contributed by atoms with E-state index in [0.717, 1.165) is 77.2 Å². The van der Waals surface area contributed by atoms with E-state index >= 15 is 0 Å². The molecule has 2 aliphatic rings. The number of likely N-dealkylation sites (tertiary alicyclic amines) is 1. The summed E-state index contributed by atoms with van der Waals surface area (Å²) in [4.78, 5) is 20.1. The van der Waals surface area contributed by atoms with Gasteiger partial charge in [0.05, 0.1) is 6.04 Å². The highest BCUT2D eigenvalue weighted by Gasteiger charge is 2.32. The fraction of sp³-hybridized carbons (Fsp3) is 0.448. The summed E-state index contributed by atoms with van der Waals surface area (Å²) < 4.78 is 0. The molecule has 5 rings (SSSR count). The number of carbonyl (C=O) groups is 1. The summed E-state index contributed by atoms with van der Waals surface area (Å²) in [6, 6.07) is 18.6. The molecule has 0 aliphatic carbocycles. The third-order valence-electron chi connectivity index (χ3n) is 7.89. The van der Waals surface area contributed by atoms with E-state index < -0.39 is 6.04 Å². The van der Waals surface area contributed by atoms with Gasteiger partial charge in [0, 0.05) is 39.3 Å². The van der Waals surface area contributed by atoms with E-state index in [4.69, 9.17) is 5.73 Å². The number of nitrogens with two attached hydrogens (primary N) is 1. The largest absolute Gasteiger partial charge is 0.339 e. The van der Waals surface area contributed by atoms with Gasteiger partial charge in [-0.2, -0.15) is 5.21 Å². The van der Waals surface area contributed by atoms with Gasteiger partial charge in [0.2, 0.25) is 5.91 Å². The first-order chi connectivity index (χ1) is 18.7. The second kappa shape index (κ2) is 12.9. The van der Waals surface area contributed by atoms with E-state index in [0.29, 0.717) is 5.82 Å². The van der Waals surface area contributed by atoms with Crippen molar-refractivity contribution in [1.82, 2.24) is 35.3 Å². The van der Waals surface area contributed by atoms with Crippen LogP contribution in [0.3, 0.4) is 0 Å². The number of rotatable bonds is 9. The zero-order valence-electron chi connectivity index (χ0n) is 22.0. The van der Waals surface area contributed by atoms with E-state index in [1.165, 1.54) is 11.1 Å². The van der Waals surface area contributed by atoms with Crippen LogP contribution in [0, 0.1) is 5.92 Å². The maximum absolute atomic E-state index is 13.2. The molecule has 3 heterocycles. The summed E-state index contributed by atoms with van der Waals surface area (Å²) >= 11 is 0. The molecule has 9 heteroatoms. The first-order valence-electron chi connectivity index (χ1n) is 13.7. The van der Waals surface area contributed by atoms with Gasteiger partial charge >= 0.3 is 0 Å². The maximum atomic E-state index is 13.2. The monoisotopic (exact) mass is 514 g/mol. The van der Waals surface area contributed by atoms with Crippen molar-refractivity contribution in [3.05, 3.63) is 77.1 Å². The second-order valence-electron chi connectivity index (χ2n) is 10.3. The molecule has 9 nitrogen and oxygen atoms in total. The molecule has 0 bridgehead atoms. The lowest BCUT2D eigenvalue weighted by molar-refractivity contribution is -0.136. The van der Waals surface area contributed by atoms with Gasteiger partial charge in [-0.1, -0.05) is 60.7 Å². The van der Waals surface area contributed by atoms with Gasteiger partial charge in [0.25, 0.3) is 0 Å². The predicted molar refractivity (Wildman–Crippen MR) is 149 cm³/mol. The molecule has 38 heavy (non-hydrogen) atoms. The Morgan fingerprint density at radius 2 is 1.68 bits per heavy atom. The number of hydrogen-bond acceptors (Lipinski definition) is 7. The van der Waals surface area contributed by atoms with Crippen molar-refractivity contribution in [3.63, 3.8) is 0 Å². The van der Waals surface area contributed by atoms with Gasteiger partial charge in [-0.3, -0.25) is 9.69 Å². The molecule has 1 aromatic heterocycles. The Hall–Kier alpha value is -3.40. The average molecular weight is 515 g/mol. The number of tetrazole rings is 1. The van der Waals surface area contributed by atoms with E-state index in [9.17, 15) is 4.79 Å². The van der Waals surface area contributed by atoms with Crippen molar-refractivity contribution < 1.29 is 4.79 Å². The van der Waals surface area contributed by atoms with Crippen LogP contribution in [0.15, 0.2) is 54.6 Å². The average Bonchev–Trinajstić information content (AvgIpc) is 3.50. The fourth-order valence-electron chi connectivity index (χ4n) is 5.49. The molecule has 0 saturated carbocycles. The Balaban J connectivity index is 1.06. The summed E-state index contributed by atoms with van der Waals surface area (Å²) in [6.07, 6.45) is 6.94. The van der Waals surface area contributed by atoms with E-state index in [1.807, 2.05) is 23.1 Å². The molecule has 3 N–H and O–H groups in total. The summed E-state index contributed by atoms with van der Waals surface area (Å²) in [5, 5.41) is 14.0. The normalized spacial score (nSPS) is 18.7. The number of aromatic amines is 1. The van der Waals surface area contributed by atoms with Crippen molar-refractivity contribution in [2.45, 2.75) is 31.8 Å². The van der Waals surface area contributed by atoms with Crippen LogP contribution in [-0.2, 0) is 17.8 Å². The Labute approximate surface area is 224 Å². The van der Waals surface area contributed by atoms with Crippen molar-refractivity contribution in [2.24, 2.45) is 11.7 Å². The number of hydrogen-bond donors (Lipinski definition) is 2. The van der Waals surface area contributed by atoms with Gasteiger partial charge in [0.15, 0.2) is 5.82 Å². The number of nitrogens with zero attached hydrogens (tertiary/aromatic N) is 6. The zero-order valence-corrected chi connectivity index (χ0v) is 22.0. The lowest BCUT2D eigenvalue weighted by Crippen LogP contribution is -2.55. The van der Waals surface area contributed by atoms with E-state index in [2.05, 4.69) is 79.0 Å². The van der Waals surface area contributed by atoms with Gasteiger partial charge in [-0.05, 0) is 66.2 Å². The van der Waals surface area contributed by atoms with Gasteiger partial charge in [-0.15, -0.1) is 10.2 Å². The van der Waals surface area contributed by atoms with Crippen LogP contribution in [0.2, 0.25) is 0 Å². The number of piperidine rings is 1. The molecular formula is C29H38N8O. The van der Waals surface area contributed by atoms with Crippen molar-refractivity contribution in [2.75, 3.05) is 45.8 Å². The minimum Gasteiger partial charge on any atom is -0.339 e. The molecule has 0 spiro atoms. The first-order valence-corrected chi connectivity index (χ1v) is 13.7. The molecule has 2 fully saturated rings. The van der Waals surface area contributed by atoms with Gasteiger partial charge in [0.1, 0.15) is 0 Å². The number of aromatic nitrogens is 4. The lowest BCUT2D eigenvalue weighted by Gasteiger charge is -2.39. The smallest absolute Gasteiger partial charge is 0.239 e. The molecule has 1 atom stereocenters. The van der Waals surface area contributed by atoms with Crippen LogP contribution in [0.25, 0.3) is 12.2 Å². The molecule has 2 saturated heterocycles. The molecule has 0 unspecified atom stereocenters. The van der Waals surface area contributed by atoms with Gasteiger partial charge in [-0.25, -0.2) is 0 Å². The van der Waals surface area contributed by atoms with Crippen LogP contribution >= 0.6 is 0 Å². The van der Waals surface area contributed by atoms with Gasteiger partial charge < -0.3 is 15.5 Å². The first kappa shape index (κ1) is 26.2. The third kappa shape index (κ3) is 6.92. The Bertz CT molecular complexity index is 1170. The number of amides is 1. The Morgan fingerprint density at radius 1 is 0.947 bits per heavy atom. The minimum absolute atomic E-state index is 0.121. The minimum atomic E-state index is -0.395. The summed E-state index contributed by atoms with van der Waals surface area (Å²) in [7, 11) is 0. The molecule has 200 valence electrons. The van der Waals surface area contributed by atoms with Crippen LogP contribution in [-0.4, -0.2) is 93.1 Å². The third-order valence-corrected chi connectivity index (χ3v) is 7.89. The second-order valence-corrected chi connectivity index (χ2v) is 10.3. The highest BCUT2D eigenvalue weighted by Crippen LogP contribution is 2.22. The molecule has 0 radical (unpaired) electrons. The Kier molecular flexibility index (Phi) is 8.90. The summed E-state index contributed by atoms with van der Waals surface area (Å²) in [5.74, 6) is 0.948. The SMILES string of the molecule is N[C@@H](C(=O)N1CCN(Cc2ccccc2/C=C/c2nn[nH]n2)CC1)C1CCN(CCc2ccccc2)CC1. The van der Waals surface area contributed by atoms with Crippen molar-refractivity contribution in [3.8, 4) is 0 Å². The molecule has 3 aromatic rings. The van der Waals surface area contributed by atoms with E-state index in [-0.39, 0.29) is 11.8 Å². The molecule has 2 aromatic carbocycles. The summed E-state index contributed by atoms with van der Waals surface area (Å²) in [5.41, 5.74) is 10.3. The van der Waals surface area contributed by atoms with E-state index in [1.54, 1.807) is 0 Å². The number of carbonyl (C=O) groups excluding carboxylic acids is 1. The van der Waals surface area contributed by atoms with Crippen LogP contribution < -0.4 is 5.73 Å². The standard InChI is InChI=1S/C29H38N8O/c30-28(25-13-16-35(17-14-25)15-12-23-6-2-1-3-7-23)29(38)37-20-18-36(19-21-37)22-26-9-5-4-8-24(26)10-11-27-31-33-34-32-27/h1-11,25,28H,12-22,30H2,(H,31,32,33,34)/b11-10+/t28-/m1/s1. The highest BCUT2D eigenvalue weighted by molar-refractivity contribution is 5.82. The predicted octanol–water partition coefficient (Wildman–Crippen LogP) is 2.30. The summed E-state index contributed by atoms with van der Waals surface area (Å²) in [6.45, 7) is 7.09. The number of benzene rings is 2. The maximum Gasteiger partial charge on any atom is 0.239 e. The highest BCUT2D eigenvalue weighted by atomic mass is 16.2. The van der Waals surface area contributed by atoms with Crippen molar-refractivity contribution in [1.29, 1.82) is 0 Å². The molecular weight excluding hydrogens is 476 g/mol. The molecule has 2 aliphatic heterocycles. The van der Waals surface area contributed by atoms with Crippen LogP contribution in [0.1, 0.15) is 35.4 Å².